The van der Waals surface area contributed by atoms with Gasteiger partial charge in [-0.3, -0.25) is 10.1 Å². The average molecular weight is 209 g/mol. The van der Waals surface area contributed by atoms with Gasteiger partial charge in [-0.15, -0.1) is 0 Å². The Balaban J connectivity index is 3.33. The molecule has 1 unspecified atom stereocenters. The van der Waals surface area contributed by atoms with Crippen LogP contribution in [0.15, 0.2) is 12.1 Å². The van der Waals surface area contributed by atoms with E-state index in [0.29, 0.717) is 11.8 Å². The minimum Gasteiger partial charge on any atom is -0.507 e. The van der Waals surface area contributed by atoms with E-state index in [1.54, 1.807) is 6.92 Å². The summed E-state index contributed by atoms with van der Waals surface area (Å²) in [5.41, 5.74) is 0.452. The van der Waals surface area contributed by atoms with E-state index in [-0.39, 0.29) is 17.0 Å². The topological polar surface area (TPSA) is 80.4 Å². The smallest absolute Gasteiger partial charge is 0.276 e. The van der Waals surface area contributed by atoms with Crippen LogP contribution >= 0.6 is 0 Å². The predicted octanol–water partition coefficient (Wildman–Crippen LogP) is 1.91. The number of aldehydes is 1. The fourth-order valence-electron chi connectivity index (χ4n) is 1.35. The van der Waals surface area contributed by atoms with E-state index in [4.69, 9.17) is 0 Å². The van der Waals surface area contributed by atoms with Crippen molar-refractivity contribution in [1.82, 2.24) is 0 Å². The quantitative estimate of drug-likeness (QED) is 0.468. The summed E-state index contributed by atoms with van der Waals surface area (Å²) < 4.78 is 0. The van der Waals surface area contributed by atoms with Crippen molar-refractivity contribution in [3.05, 3.63) is 33.4 Å². The van der Waals surface area contributed by atoms with Crippen LogP contribution in [0.5, 0.6) is 5.75 Å². The number of hydrogen-bond donors (Lipinski definition) is 1. The van der Waals surface area contributed by atoms with Crippen LogP contribution in [0.2, 0.25) is 0 Å². The average Bonchev–Trinajstić information content (AvgIpc) is 2.20. The van der Waals surface area contributed by atoms with Crippen LogP contribution in [-0.4, -0.2) is 16.3 Å². The molecule has 1 atom stereocenters. The number of aromatic hydroxyl groups is 1. The molecule has 0 heterocycles. The van der Waals surface area contributed by atoms with E-state index < -0.39 is 10.8 Å². The second kappa shape index (κ2) is 4.08. The van der Waals surface area contributed by atoms with Gasteiger partial charge in [0.2, 0.25) is 0 Å². The molecule has 1 aromatic rings. The van der Waals surface area contributed by atoms with Gasteiger partial charge in [0.1, 0.15) is 12.0 Å². The first-order valence-electron chi connectivity index (χ1n) is 4.41. The molecule has 0 saturated heterocycles. The summed E-state index contributed by atoms with van der Waals surface area (Å²) in [6.07, 6.45) is 0.681. The molecular formula is C10H11NO4. The minimum atomic E-state index is -0.565. The number of benzene rings is 1. The summed E-state index contributed by atoms with van der Waals surface area (Å²) in [5, 5.41) is 20.2. The zero-order chi connectivity index (χ0) is 11.6. The van der Waals surface area contributed by atoms with Crippen molar-refractivity contribution in [3.8, 4) is 5.75 Å². The first-order valence-corrected chi connectivity index (χ1v) is 4.41. The van der Waals surface area contributed by atoms with Gasteiger partial charge in [0.25, 0.3) is 5.69 Å². The highest BCUT2D eigenvalue weighted by Crippen LogP contribution is 2.33. The van der Waals surface area contributed by atoms with Crippen LogP contribution in [0.4, 0.5) is 5.69 Å². The molecule has 0 bridgehead atoms. The molecule has 0 aliphatic heterocycles. The van der Waals surface area contributed by atoms with Crippen molar-refractivity contribution in [3.63, 3.8) is 0 Å². The molecule has 0 radical (unpaired) electrons. The Morgan fingerprint density at radius 1 is 1.53 bits per heavy atom. The molecular weight excluding hydrogens is 198 g/mol. The predicted molar refractivity (Wildman–Crippen MR) is 54.0 cm³/mol. The van der Waals surface area contributed by atoms with Crippen LogP contribution < -0.4 is 0 Å². The van der Waals surface area contributed by atoms with Gasteiger partial charge in [0.15, 0.2) is 0 Å². The highest BCUT2D eigenvalue weighted by Gasteiger charge is 2.19. The van der Waals surface area contributed by atoms with Gasteiger partial charge in [-0.2, -0.15) is 0 Å². The minimum absolute atomic E-state index is 0.144. The van der Waals surface area contributed by atoms with Crippen molar-refractivity contribution in [2.45, 2.75) is 19.8 Å². The molecule has 5 heteroatoms. The van der Waals surface area contributed by atoms with Crippen molar-refractivity contribution in [2.75, 3.05) is 0 Å². The maximum atomic E-state index is 10.5. The zero-order valence-corrected chi connectivity index (χ0v) is 8.43. The van der Waals surface area contributed by atoms with Crippen molar-refractivity contribution < 1.29 is 14.8 Å². The summed E-state index contributed by atoms with van der Waals surface area (Å²) in [5.74, 6) is -0.645. The Bertz CT molecular complexity index is 414. The number of nitro benzene ring substituents is 1. The van der Waals surface area contributed by atoms with E-state index in [2.05, 4.69) is 0 Å². The third-order valence-corrected chi connectivity index (χ3v) is 2.32. The van der Waals surface area contributed by atoms with Gasteiger partial charge in [-0.1, -0.05) is 6.92 Å². The second-order valence-electron chi connectivity index (χ2n) is 3.33. The number of nitrogens with zero attached hydrogens (tertiary/aromatic N) is 1. The molecule has 0 saturated carbocycles. The molecule has 15 heavy (non-hydrogen) atoms. The molecule has 0 spiro atoms. The number of hydrogen-bond acceptors (Lipinski definition) is 4. The summed E-state index contributed by atoms with van der Waals surface area (Å²) >= 11 is 0. The highest BCUT2D eigenvalue weighted by atomic mass is 16.6. The number of carbonyl (C=O) groups is 1. The largest absolute Gasteiger partial charge is 0.507 e. The number of phenols is 1. The third kappa shape index (κ3) is 1.96. The first kappa shape index (κ1) is 11.2. The Morgan fingerprint density at radius 2 is 2.13 bits per heavy atom. The fourth-order valence-corrected chi connectivity index (χ4v) is 1.35. The number of carbonyl (C=O) groups excluding carboxylic acids is 1. The number of phenolic OH excluding ortho intramolecular Hbond substituents is 1. The van der Waals surface area contributed by atoms with Crippen molar-refractivity contribution in [2.24, 2.45) is 0 Å². The third-order valence-electron chi connectivity index (χ3n) is 2.32. The van der Waals surface area contributed by atoms with Crippen molar-refractivity contribution in [1.29, 1.82) is 0 Å². The van der Waals surface area contributed by atoms with Gasteiger partial charge in [0, 0.05) is 17.5 Å². The monoisotopic (exact) mass is 209 g/mol. The highest BCUT2D eigenvalue weighted by molar-refractivity contribution is 5.66. The number of rotatable bonds is 3. The summed E-state index contributed by atoms with van der Waals surface area (Å²) in [6.45, 7) is 3.07. The maximum absolute atomic E-state index is 10.5. The Labute approximate surface area is 86.5 Å². The molecule has 5 nitrogen and oxygen atoms in total. The van der Waals surface area contributed by atoms with Gasteiger partial charge in [0.05, 0.1) is 10.5 Å². The standard InChI is InChI=1S/C10H11NO4/c1-6(5-12)8-3-4-9(11(14)15)7(2)10(8)13/h3-6,13H,1-2H3. The maximum Gasteiger partial charge on any atom is 0.276 e. The Hall–Kier alpha value is -1.91. The lowest BCUT2D eigenvalue weighted by molar-refractivity contribution is -0.385. The van der Waals surface area contributed by atoms with Gasteiger partial charge >= 0.3 is 0 Å². The molecule has 0 fully saturated rings. The normalized spacial score (nSPS) is 12.1. The second-order valence-corrected chi connectivity index (χ2v) is 3.33. The SMILES string of the molecule is Cc1c([N+](=O)[O-])ccc(C(C)C=O)c1O. The van der Waals surface area contributed by atoms with E-state index in [1.807, 2.05) is 0 Å². The summed E-state index contributed by atoms with van der Waals surface area (Å²) in [7, 11) is 0. The van der Waals surface area contributed by atoms with E-state index >= 15 is 0 Å². The molecule has 0 amide bonds. The molecule has 80 valence electrons. The van der Waals surface area contributed by atoms with Crippen LogP contribution in [0, 0.1) is 17.0 Å². The molecule has 0 aromatic heterocycles. The Morgan fingerprint density at radius 3 is 2.60 bits per heavy atom. The summed E-state index contributed by atoms with van der Waals surface area (Å²) in [6, 6.07) is 2.70. The Kier molecular flexibility index (Phi) is 3.04. The van der Waals surface area contributed by atoms with Crippen molar-refractivity contribution >= 4 is 12.0 Å². The van der Waals surface area contributed by atoms with E-state index in [9.17, 15) is 20.0 Å². The lowest BCUT2D eigenvalue weighted by Crippen LogP contribution is -1.99. The zero-order valence-electron chi connectivity index (χ0n) is 8.43. The molecule has 1 rings (SSSR count). The molecule has 0 aliphatic carbocycles. The van der Waals surface area contributed by atoms with Gasteiger partial charge in [-0.25, -0.2) is 0 Å². The van der Waals surface area contributed by atoms with E-state index in [0.717, 1.165) is 0 Å². The molecule has 1 N–H and O–H groups in total. The summed E-state index contributed by atoms with van der Waals surface area (Å²) in [4.78, 5) is 20.5. The van der Waals surface area contributed by atoms with Gasteiger partial charge < -0.3 is 9.90 Å². The fraction of sp³-hybridized carbons (Fsp3) is 0.300. The van der Waals surface area contributed by atoms with E-state index in [1.165, 1.54) is 19.1 Å². The van der Waals surface area contributed by atoms with Crippen LogP contribution in [0.3, 0.4) is 0 Å². The van der Waals surface area contributed by atoms with Crippen LogP contribution in [0.1, 0.15) is 24.0 Å². The van der Waals surface area contributed by atoms with Gasteiger partial charge in [-0.05, 0) is 13.0 Å². The molecule has 1 aromatic carbocycles. The lowest BCUT2D eigenvalue weighted by Gasteiger charge is -2.09. The number of nitro groups is 1. The lowest BCUT2D eigenvalue weighted by atomic mass is 9.98. The van der Waals surface area contributed by atoms with Crippen LogP contribution in [0.25, 0.3) is 0 Å². The first-order chi connectivity index (χ1) is 6.99. The molecule has 0 aliphatic rings. The van der Waals surface area contributed by atoms with Crippen LogP contribution in [-0.2, 0) is 4.79 Å².